The zero-order valence-corrected chi connectivity index (χ0v) is 24.5. The van der Waals surface area contributed by atoms with Crippen molar-refractivity contribution in [3.8, 4) is 17.4 Å². The van der Waals surface area contributed by atoms with E-state index < -0.39 is 0 Å². The van der Waals surface area contributed by atoms with Gasteiger partial charge in [0.15, 0.2) is 0 Å². The molecule has 1 amide bonds. The van der Waals surface area contributed by atoms with E-state index in [1.54, 1.807) is 19.2 Å². The fourth-order valence-electron chi connectivity index (χ4n) is 5.06. The van der Waals surface area contributed by atoms with Crippen molar-refractivity contribution in [1.29, 1.82) is 0 Å². The molecule has 2 fully saturated rings. The number of halogens is 1. The summed E-state index contributed by atoms with van der Waals surface area (Å²) in [4.78, 5) is 28.4. The molecule has 0 unspecified atom stereocenters. The topological polar surface area (TPSA) is 95.1 Å². The lowest BCUT2D eigenvalue weighted by Gasteiger charge is -2.34. The number of likely N-dealkylation sites (tertiary alicyclic amines) is 1. The van der Waals surface area contributed by atoms with E-state index in [0.717, 1.165) is 57.2 Å². The Morgan fingerprint density at radius 3 is 2.61 bits per heavy atom. The Labute approximate surface area is 246 Å². The summed E-state index contributed by atoms with van der Waals surface area (Å²) in [6.07, 6.45) is 5.64. The summed E-state index contributed by atoms with van der Waals surface area (Å²) >= 11 is 6.38. The monoisotopic (exact) mass is 579 g/mol. The van der Waals surface area contributed by atoms with Gasteiger partial charge in [-0.15, -0.1) is 0 Å². The minimum atomic E-state index is -0.0214. The molecular weight excluding hydrogens is 542 g/mol. The molecule has 5 rings (SSSR count). The van der Waals surface area contributed by atoms with Gasteiger partial charge >= 0.3 is 0 Å². The Morgan fingerprint density at radius 1 is 1.02 bits per heavy atom. The van der Waals surface area contributed by atoms with Crippen LogP contribution in [0.5, 0.6) is 17.4 Å². The van der Waals surface area contributed by atoms with Crippen LogP contribution in [0.1, 0.15) is 25.7 Å². The van der Waals surface area contributed by atoms with Gasteiger partial charge in [-0.1, -0.05) is 24.1 Å². The molecule has 0 atom stereocenters. The summed E-state index contributed by atoms with van der Waals surface area (Å²) in [7, 11) is 3.78. The number of ether oxygens (including phenoxy) is 2. The van der Waals surface area contributed by atoms with Gasteiger partial charge in [-0.2, -0.15) is 4.98 Å². The third-order valence-electron chi connectivity index (χ3n) is 7.45. The molecule has 0 bridgehead atoms. The minimum absolute atomic E-state index is 0.0214. The molecule has 0 saturated carbocycles. The van der Waals surface area contributed by atoms with Crippen molar-refractivity contribution < 1.29 is 14.3 Å². The number of piperidine rings is 1. The average Bonchev–Trinajstić information content (AvgIpc) is 2.99. The maximum atomic E-state index is 12.5. The standard InChI is InChI=1S/C30H38ClN7O3/c1-36-15-17-38(18-16-36)23-9-10-26(27(20-23)40-2)34-30-32-21-25(31)29(35-30)41-24-8-6-7-22(19-24)33-28(39)11-14-37-12-4-3-5-13-37/h6-10,19-21H,3-5,11-18H2,1-2H3,(H,33,39)(H,32,34,35). The van der Waals surface area contributed by atoms with Gasteiger partial charge in [0, 0.05) is 62.7 Å². The van der Waals surface area contributed by atoms with Crippen LogP contribution in [0.2, 0.25) is 5.02 Å². The summed E-state index contributed by atoms with van der Waals surface area (Å²) < 4.78 is 11.7. The first-order valence-electron chi connectivity index (χ1n) is 14.2. The van der Waals surface area contributed by atoms with Crippen LogP contribution in [0.25, 0.3) is 0 Å². The number of anilines is 4. The van der Waals surface area contributed by atoms with Gasteiger partial charge in [-0.05, 0) is 57.2 Å². The van der Waals surface area contributed by atoms with E-state index in [9.17, 15) is 4.79 Å². The van der Waals surface area contributed by atoms with Gasteiger partial charge in [0.25, 0.3) is 0 Å². The molecule has 2 aliphatic rings. The maximum absolute atomic E-state index is 12.5. The van der Waals surface area contributed by atoms with Gasteiger partial charge in [0.05, 0.1) is 19.0 Å². The Hall–Kier alpha value is -3.60. The second-order valence-electron chi connectivity index (χ2n) is 10.5. The molecule has 2 saturated heterocycles. The third kappa shape index (κ3) is 8.00. The minimum Gasteiger partial charge on any atom is -0.494 e. The largest absolute Gasteiger partial charge is 0.494 e. The average molecular weight is 580 g/mol. The van der Waals surface area contributed by atoms with Crippen molar-refractivity contribution in [3.05, 3.63) is 53.7 Å². The van der Waals surface area contributed by atoms with E-state index in [4.69, 9.17) is 21.1 Å². The number of hydrogen-bond acceptors (Lipinski definition) is 9. The van der Waals surface area contributed by atoms with Gasteiger partial charge in [0.1, 0.15) is 16.5 Å². The van der Waals surface area contributed by atoms with Crippen LogP contribution in [0, 0.1) is 0 Å². The predicted molar refractivity (Wildman–Crippen MR) is 163 cm³/mol. The number of nitrogens with one attached hydrogen (secondary N) is 2. The molecule has 218 valence electrons. The summed E-state index contributed by atoms with van der Waals surface area (Å²) in [6.45, 7) is 6.91. The van der Waals surface area contributed by atoms with Crippen molar-refractivity contribution in [3.63, 3.8) is 0 Å². The molecule has 3 aromatic rings. The van der Waals surface area contributed by atoms with Crippen LogP contribution in [0.4, 0.5) is 23.0 Å². The van der Waals surface area contributed by atoms with E-state index in [-0.39, 0.29) is 16.8 Å². The number of carbonyl (C=O) groups is 1. The van der Waals surface area contributed by atoms with Gasteiger partial charge < -0.3 is 34.8 Å². The molecule has 2 N–H and O–H groups in total. The number of aromatic nitrogens is 2. The van der Waals surface area contributed by atoms with Crippen LogP contribution < -0.4 is 25.0 Å². The van der Waals surface area contributed by atoms with Crippen LogP contribution in [0.15, 0.2) is 48.7 Å². The lowest BCUT2D eigenvalue weighted by molar-refractivity contribution is -0.116. The molecule has 2 aromatic carbocycles. The van der Waals surface area contributed by atoms with E-state index >= 15 is 0 Å². The van der Waals surface area contributed by atoms with Crippen molar-refractivity contribution in [2.75, 3.05) is 75.5 Å². The molecule has 0 aliphatic carbocycles. The highest BCUT2D eigenvalue weighted by Crippen LogP contribution is 2.34. The quantitative estimate of drug-likeness (QED) is 0.334. The summed E-state index contributed by atoms with van der Waals surface area (Å²) in [5.74, 6) is 1.68. The first kappa shape index (κ1) is 28.9. The summed E-state index contributed by atoms with van der Waals surface area (Å²) in [5, 5.41) is 6.45. The summed E-state index contributed by atoms with van der Waals surface area (Å²) in [5.41, 5.74) is 2.49. The number of piperazine rings is 1. The van der Waals surface area contributed by atoms with Gasteiger partial charge in [0.2, 0.25) is 17.7 Å². The van der Waals surface area contributed by atoms with E-state index in [2.05, 4.69) is 48.4 Å². The van der Waals surface area contributed by atoms with E-state index in [1.807, 2.05) is 24.3 Å². The highest BCUT2D eigenvalue weighted by atomic mass is 35.5. The van der Waals surface area contributed by atoms with Gasteiger partial charge in [-0.25, -0.2) is 4.98 Å². The lowest BCUT2D eigenvalue weighted by atomic mass is 10.1. The number of likely N-dealkylation sites (N-methyl/N-ethyl adjacent to an activating group) is 1. The Balaban J connectivity index is 1.22. The first-order chi connectivity index (χ1) is 20.0. The van der Waals surface area contributed by atoms with Crippen LogP contribution in [-0.2, 0) is 4.79 Å². The number of methoxy groups -OCH3 is 1. The zero-order chi connectivity index (χ0) is 28.6. The van der Waals surface area contributed by atoms with Crippen LogP contribution in [-0.4, -0.2) is 85.6 Å². The number of benzene rings is 2. The van der Waals surface area contributed by atoms with Crippen molar-refractivity contribution in [1.82, 2.24) is 19.8 Å². The molecule has 0 spiro atoms. The predicted octanol–water partition coefficient (Wildman–Crippen LogP) is 5.24. The zero-order valence-electron chi connectivity index (χ0n) is 23.7. The number of hydrogen-bond donors (Lipinski definition) is 2. The Bertz CT molecular complexity index is 1330. The van der Waals surface area contributed by atoms with Crippen molar-refractivity contribution in [2.45, 2.75) is 25.7 Å². The summed E-state index contributed by atoms with van der Waals surface area (Å²) in [6, 6.07) is 13.2. The molecule has 10 nitrogen and oxygen atoms in total. The highest BCUT2D eigenvalue weighted by molar-refractivity contribution is 6.31. The SMILES string of the molecule is COc1cc(N2CCN(C)CC2)ccc1Nc1ncc(Cl)c(Oc2cccc(NC(=O)CCN3CCCCC3)c2)n1. The molecule has 3 heterocycles. The number of nitrogens with zero attached hydrogens (tertiary/aromatic N) is 5. The van der Waals surface area contributed by atoms with Gasteiger partial charge in [-0.3, -0.25) is 4.79 Å². The van der Waals surface area contributed by atoms with Crippen LogP contribution >= 0.6 is 11.6 Å². The van der Waals surface area contributed by atoms with Crippen molar-refractivity contribution in [2.24, 2.45) is 0 Å². The molecule has 11 heteroatoms. The molecule has 0 radical (unpaired) electrons. The van der Waals surface area contributed by atoms with Crippen molar-refractivity contribution >= 4 is 40.5 Å². The first-order valence-corrected chi connectivity index (χ1v) is 14.6. The highest BCUT2D eigenvalue weighted by Gasteiger charge is 2.17. The smallest absolute Gasteiger partial charge is 0.243 e. The fourth-order valence-corrected chi connectivity index (χ4v) is 5.19. The molecule has 1 aromatic heterocycles. The van der Waals surface area contributed by atoms with Crippen LogP contribution in [0.3, 0.4) is 0 Å². The second kappa shape index (κ2) is 13.8. The maximum Gasteiger partial charge on any atom is 0.243 e. The normalized spacial score (nSPS) is 16.3. The number of carbonyl (C=O) groups excluding carboxylic acids is 1. The molecule has 2 aliphatic heterocycles. The number of rotatable bonds is 10. The molecular formula is C30H38ClN7O3. The number of amides is 1. The lowest BCUT2D eigenvalue weighted by Crippen LogP contribution is -2.44. The molecule has 41 heavy (non-hydrogen) atoms. The van der Waals surface area contributed by atoms with E-state index in [0.29, 0.717) is 29.6 Å². The van der Waals surface area contributed by atoms with E-state index in [1.165, 1.54) is 25.5 Å². The third-order valence-corrected chi connectivity index (χ3v) is 7.71. The second-order valence-corrected chi connectivity index (χ2v) is 10.9. The Morgan fingerprint density at radius 2 is 1.83 bits per heavy atom. The fraction of sp³-hybridized carbons (Fsp3) is 0.433. The Kier molecular flexibility index (Phi) is 9.76.